The number of rotatable bonds is 3. The van der Waals surface area contributed by atoms with Gasteiger partial charge in [-0.05, 0) is 64.0 Å². The number of benzene rings is 2. The maximum atomic E-state index is 10.3. The Morgan fingerprint density at radius 3 is 2.28 bits per heavy atom. The summed E-state index contributed by atoms with van der Waals surface area (Å²) in [5.41, 5.74) is 1.90. The van der Waals surface area contributed by atoms with Gasteiger partial charge in [0.25, 0.3) is 0 Å². The van der Waals surface area contributed by atoms with E-state index in [-0.39, 0.29) is 0 Å². The van der Waals surface area contributed by atoms with Crippen LogP contribution in [0.15, 0.2) is 42.5 Å². The summed E-state index contributed by atoms with van der Waals surface area (Å²) >= 11 is 14.0. The van der Waals surface area contributed by atoms with Crippen LogP contribution in [0.25, 0.3) is 0 Å². The van der Waals surface area contributed by atoms with Crippen LogP contribution in [-0.4, -0.2) is 5.11 Å². The lowest BCUT2D eigenvalue weighted by Crippen LogP contribution is -2.03. The van der Waals surface area contributed by atoms with Gasteiger partial charge in [-0.15, -0.1) is 0 Å². The van der Waals surface area contributed by atoms with Gasteiger partial charge in [-0.3, -0.25) is 0 Å². The highest BCUT2D eigenvalue weighted by molar-refractivity contribution is 14.1. The third-order valence-electron chi connectivity index (χ3n) is 2.66. The van der Waals surface area contributed by atoms with Crippen molar-refractivity contribution < 1.29 is 5.11 Å². The summed E-state index contributed by atoms with van der Waals surface area (Å²) < 4.78 is 1.01. The predicted molar refractivity (Wildman–Crippen MR) is 84.3 cm³/mol. The Bertz CT molecular complexity index is 540. The monoisotopic (exact) mass is 392 g/mol. The summed E-state index contributed by atoms with van der Waals surface area (Å²) in [7, 11) is 0. The van der Waals surface area contributed by atoms with Crippen molar-refractivity contribution in [3.8, 4) is 0 Å². The largest absolute Gasteiger partial charge is 0.388 e. The Morgan fingerprint density at radius 2 is 1.61 bits per heavy atom. The third kappa shape index (κ3) is 3.60. The van der Waals surface area contributed by atoms with Crippen LogP contribution in [-0.2, 0) is 6.42 Å². The van der Waals surface area contributed by atoms with E-state index in [0.29, 0.717) is 16.5 Å². The summed E-state index contributed by atoms with van der Waals surface area (Å²) in [4.78, 5) is 0. The van der Waals surface area contributed by atoms with Crippen LogP contribution < -0.4 is 0 Å². The fraction of sp³-hybridized carbons (Fsp3) is 0.143. The van der Waals surface area contributed by atoms with E-state index in [9.17, 15) is 5.11 Å². The zero-order chi connectivity index (χ0) is 13.1. The van der Waals surface area contributed by atoms with Gasteiger partial charge in [0.1, 0.15) is 0 Å². The molecule has 0 heterocycles. The van der Waals surface area contributed by atoms with Gasteiger partial charge < -0.3 is 5.11 Å². The number of hydrogen-bond acceptors (Lipinski definition) is 1. The fourth-order valence-electron chi connectivity index (χ4n) is 1.72. The van der Waals surface area contributed by atoms with E-state index in [0.717, 1.165) is 14.7 Å². The molecule has 0 aliphatic rings. The second kappa shape index (κ2) is 6.24. The van der Waals surface area contributed by atoms with Crippen molar-refractivity contribution in [1.29, 1.82) is 0 Å². The van der Waals surface area contributed by atoms with E-state index in [1.807, 2.05) is 42.5 Å². The molecular weight excluding hydrogens is 382 g/mol. The first kappa shape index (κ1) is 14.1. The molecule has 18 heavy (non-hydrogen) atoms. The quantitative estimate of drug-likeness (QED) is 0.738. The smallest absolute Gasteiger partial charge is 0.0841 e. The molecule has 0 saturated heterocycles. The van der Waals surface area contributed by atoms with Crippen LogP contribution in [0.2, 0.25) is 10.0 Å². The topological polar surface area (TPSA) is 20.2 Å². The Labute approximate surface area is 130 Å². The molecule has 0 aromatic heterocycles. The van der Waals surface area contributed by atoms with E-state index in [4.69, 9.17) is 23.2 Å². The third-order valence-corrected chi connectivity index (χ3v) is 4.13. The molecule has 0 aliphatic carbocycles. The molecule has 0 amide bonds. The second-order valence-corrected chi connectivity index (χ2v) is 6.05. The zero-order valence-electron chi connectivity index (χ0n) is 9.41. The van der Waals surface area contributed by atoms with Gasteiger partial charge in [0.2, 0.25) is 0 Å². The van der Waals surface area contributed by atoms with Crippen LogP contribution in [0.3, 0.4) is 0 Å². The highest BCUT2D eigenvalue weighted by Crippen LogP contribution is 2.26. The van der Waals surface area contributed by atoms with E-state index in [1.165, 1.54) is 0 Å². The van der Waals surface area contributed by atoms with Crippen LogP contribution >= 0.6 is 45.8 Å². The van der Waals surface area contributed by atoms with Crippen molar-refractivity contribution in [3.05, 3.63) is 67.2 Å². The number of aliphatic hydroxyl groups is 1. The van der Waals surface area contributed by atoms with Gasteiger partial charge >= 0.3 is 0 Å². The number of halogens is 3. The van der Waals surface area contributed by atoms with Crippen molar-refractivity contribution in [1.82, 2.24) is 0 Å². The van der Waals surface area contributed by atoms with Crippen LogP contribution in [0.4, 0.5) is 0 Å². The molecule has 0 bridgehead atoms. The molecule has 1 unspecified atom stereocenters. The maximum absolute atomic E-state index is 10.3. The average Bonchev–Trinajstić information content (AvgIpc) is 2.35. The lowest BCUT2D eigenvalue weighted by atomic mass is 10.0. The molecule has 2 aromatic rings. The zero-order valence-corrected chi connectivity index (χ0v) is 13.1. The van der Waals surface area contributed by atoms with Crippen molar-refractivity contribution in [2.24, 2.45) is 0 Å². The highest BCUT2D eigenvalue weighted by atomic mass is 127. The van der Waals surface area contributed by atoms with Crippen molar-refractivity contribution in [2.45, 2.75) is 12.5 Å². The van der Waals surface area contributed by atoms with Crippen molar-refractivity contribution >= 4 is 45.8 Å². The van der Waals surface area contributed by atoms with Gasteiger partial charge in [0.05, 0.1) is 6.10 Å². The summed E-state index contributed by atoms with van der Waals surface area (Å²) in [5.74, 6) is 0. The molecule has 94 valence electrons. The molecule has 1 nitrogen and oxygen atoms in total. The Hall–Kier alpha value is -0.290. The minimum Gasteiger partial charge on any atom is -0.388 e. The summed E-state index contributed by atoms with van der Waals surface area (Å²) in [6, 6.07) is 13.0. The Balaban J connectivity index is 2.18. The van der Waals surface area contributed by atoms with Gasteiger partial charge in [0, 0.05) is 20.0 Å². The summed E-state index contributed by atoms with van der Waals surface area (Å²) in [5, 5.41) is 11.6. The molecule has 0 saturated carbocycles. The second-order valence-electron chi connectivity index (χ2n) is 4.01. The van der Waals surface area contributed by atoms with E-state index < -0.39 is 6.10 Å². The first-order chi connectivity index (χ1) is 8.56. The van der Waals surface area contributed by atoms with Crippen LogP contribution in [0, 0.1) is 3.57 Å². The molecule has 1 atom stereocenters. The molecular formula is C14H11Cl2IO. The van der Waals surface area contributed by atoms with E-state index >= 15 is 0 Å². The number of hydrogen-bond donors (Lipinski definition) is 1. The SMILES string of the molecule is OC(Cc1ccc(Cl)cc1)c1cc(Cl)ccc1I. The molecule has 0 aliphatic heterocycles. The highest BCUT2D eigenvalue weighted by Gasteiger charge is 2.12. The molecule has 0 spiro atoms. The fourth-order valence-corrected chi connectivity index (χ4v) is 2.73. The maximum Gasteiger partial charge on any atom is 0.0841 e. The molecule has 0 radical (unpaired) electrons. The minimum absolute atomic E-state index is 0.549. The molecule has 2 rings (SSSR count). The molecule has 1 N–H and O–H groups in total. The van der Waals surface area contributed by atoms with Crippen LogP contribution in [0.1, 0.15) is 17.2 Å². The Kier molecular flexibility index (Phi) is 4.90. The van der Waals surface area contributed by atoms with Gasteiger partial charge in [-0.1, -0.05) is 35.3 Å². The van der Waals surface area contributed by atoms with Gasteiger partial charge in [-0.2, -0.15) is 0 Å². The first-order valence-corrected chi connectivity index (χ1v) is 7.27. The number of aliphatic hydroxyl groups excluding tert-OH is 1. The Morgan fingerprint density at radius 1 is 1.00 bits per heavy atom. The predicted octanol–water partition coefficient (Wildman–Crippen LogP) is 4.87. The van der Waals surface area contributed by atoms with Crippen LogP contribution in [0.5, 0.6) is 0 Å². The van der Waals surface area contributed by atoms with Crippen molar-refractivity contribution in [2.75, 3.05) is 0 Å². The first-order valence-electron chi connectivity index (χ1n) is 5.44. The molecule has 2 aromatic carbocycles. The minimum atomic E-state index is -0.559. The summed E-state index contributed by atoms with van der Waals surface area (Å²) in [6.45, 7) is 0. The average molecular weight is 393 g/mol. The summed E-state index contributed by atoms with van der Waals surface area (Å²) in [6.07, 6.45) is -0.00942. The van der Waals surface area contributed by atoms with E-state index in [1.54, 1.807) is 0 Å². The van der Waals surface area contributed by atoms with Crippen molar-refractivity contribution in [3.63, 3.8) is 0 Å². The lowest BCUT2D eigenvalue weighted by Gasteiger charge is -2.13. The molecule has 0 fully saturated rings. The van der Waals surface area contributed by atoms with Gasteiger partial charge in [-0.25, -0.2) is 0 Å². The normalized spacial score (nSPS) is 12.4. The van der Waals surface area contributed by atoms with E-state index in [2.05, 4.69) is 22.6 Å². The molecule has 4 heteroatoms. The standard InChI is InChI=1S/C14H11Cl2IO/c15-10-3-1-9(2-4-10)7-14(18)12-8-11(16)5-6-13(12)17/h1-6,8,14,18H,7H2. The van der Waals surface area contributed by atoms with Gasteiger partial charge in [0.15, 0.2) is 0 Å². The lowest BCUT2D eigenvalue weighted by molar-refractivity contribution is 0.177.